The monoisotopic (exact) mass is 354 g/mol. The van der Waals surface area contributed by atoms with E-state index in [1.165, 1.54) is 27.3 Å². The Kier molecular flexibility index (Phi) is 2.81. The van der Waals surface area contributed by atoms with Crippen molar-refractivity contribution in [3.8, 4) is 0 Å². The van der Waals surface area contributed by atoms with E-state index in [2.05, 4.69) is 59.0 Å². The van der Waals surface area contributed by atoms with Crippen molar-refractivity contribution in [1.82, 2.24) is 9.38 Å². The minimum atomic E-state index is 0.764. The van der Waals surface area contributed by atoms with Crippen LogP contribution in [0.15, 0.2) is 60.7 Å². The second kappa shape index (κ2) is 5.09. The number of hydrogen-bond donors (Lipinski definition) is 0. The highest BCUT2D eigenvalue weighted by Crippen LogP contribution is 2.38. The highest BCUT2D eigenvalue weighted by molar-refractivity contribution is 6.32. The number of rotatable bonds is 0. The molecule has 1 aliphatic carbocycles. The number of allylic oxidation sites excluding steroid dienone is 1. The molecule has 124 valence electrons. The van der Waals surface area contributed by atoms with Crippen molar-refractivity contribution in [2.24, 2.45) is 0 Å². The molecule has 2 aromatic heterocycles. The van der Waals surface area contributed by atoms with Crippen LogP contribution in [0.2, 0.25) is 5.02 Å². The number of halogens is 1. The van der Waals surface area contributed by atoms with Gasteiger partial charge in [-0.1, -0.05) is 48.0 Å². The molecule has 0 N–H and O–H groups in total. The van der Waals surface area contributed by atoms with Crippen molar-refractivity contribution >= 4 is 56.0 Å². The molecular weight excluding hydrogens is 340 g/mol. The minimum Gasteiger partial charge on any atom is -0.292 e. The average molecular weight is 355 g/mol. The van der Waals surface area contributed by atoms with E-state index in [0.717, 1.165) is 40.1 Å². The van der Waals surface area contributed by atoms with Crippen LogP contribution in [-0.2, 0) is 6.42 Å². The number of fused-ring (bicyclic) bond motifs is 10. The molecule has 0 spiro atoms. The van der Waals surface area contributed by atoms with Gasteiger partial charge in [0.1, 0.15) is 5.65 Å². The number of benzene rings is 3. The lowest BCUT2D eigenvalue weighted by Crippen LogP contribution is -1.98. The van der Waals surface area contributed by atoms with E-state index in [9.17, 15) is 0 Å². The summed E-state index contributed by atoms with van der Waals surface area (Å²) in [5, 5.41) is 4.39. The van der Waals surface area contributed by atoms with Crippen LogP contribution in [-0.4, -0.2) is 9.38 Å². The van der Waals surface area contributed by atoms with Gasteiger partial charge in [0.2, 0.25) is 0 Å². The molecule has 0 radical (unpaired) electrons. The van der Waals surface area contributed by atoms with Crippen LogP contribution >= 0.6 is 11.6 Å². The van der Waals surface area contributed by atoms with E-state index in [1.807, 2.05) is 12.1 Å². The average Bonchev–Trinajstić information content (AvgIpc) is 3.07. The lowest BCUT2D eigenvalue weighted by Gasteiger charge is -2.17. The molecule has 0 amide bonds. The number of hydrogen-bond acceptors (Lipinski definition) is 1. The lowest BCUT2D eigenvalue weighted by atomic mass is 9.91. The Morgan fingerprint density at radius 2 is 1.85 bits per heavy atom. The van der Waals surface area contributed by atoms with Gasteiger partial charge in [0, 0.05) is 21.2 Å². The fraction of sp³-hybridized carbons (Fsp3) is 0.0870. The Balaban J connectivity index is 1.99. The van der Waals surface area contributed by atoms with Crippen LogP contribution in [0.1, 0.15) is 17.5 Å². The summed E-state index contributed by atoms with van der Waals surface area (Å²) in [4.78, 5) is 4.97. The van der Waals surface area contributed by atoms with Gasteiger partial charge in [-0.25, -0.2) is 4.98 Å². The van der Waals surface area contributed by atoms with E-state index >= 15 is 0 Å². The Labute approximate surface area is 155 Å². The number of nitrogens with zero attached hydrogens (tertiary/aromatic N) is 2. The summed E-state index contributed by atoms with van der Waals surface area (Å²) in [6.07, 6.45) is 6.73. The molecule has 2 nitrogen and oxygen atoms in total. The predicted molar refractivity (Wildman–Crippen MR) is 110 cm³/mol. The lowest BCUT2D eigenvalue weighted by molar-refractivity contribution is 0.990. The Hall–Kier alpha value is -2.84. The third-order valence-electron chi connectivity index (χ3n) is 5.47. The molecule has 3 heteroatoms. The SMILES string of the molecule is Clc1ccc2c(c1)c1c3c(ccc1c1nc4ccccc4n21)CCC=C3. The van der Waals surface area contributed by atoms with E-state index in [4.69, 9.17) is 16.6 Å². The molecule has 5 aromatic rings. The van der Waals surface area contributed by atoms with Crippen LogP contribution in [0, 0.1) is 0 Å². The van der Waals surface area contributed by atoms with E-state index in [0.29, 0.717) is 0 Å². The first kappa shape index (κ1) is 14.3. The minimum absolute atomic E-state index is 0.764. The second-order valence-electron chi connectivity index (χ2n) is 6.92. The van der Waals surface area contributed by atoms with Crippen molar-refractivity contribution in [3.63, 3.8) is 0 Å². The van der Waals surface area contributed by atoms with Gasteiger partial charge in [0.05, 0.1) is 16.6 Å². The topological polar surface area (TPSA) is 17.3 Å². The molecule has 0 atom stereocenters. The highest BCUT2D eigenvalue weighted by Gasteiger charge is 2.17. The van der Waals surface area contributed by atoms with Crippen molar-refractivity contribution < 1.29 is 0 Å². The second-order valence-corrected chi connectivity index (χ2v) is 7.36. The maximum absolute atomic E-state index is 6.40. The molecule has 0 bridgehead atoms. The molecule has 0 fully saturated rings. The summed E-state index contributed by atoms with van der Waals surface area (Å²) < 4.78 is 2.27. The predicted octanol–water partition coefficient (Wildman–Crippen LogP) is 6.41. The van der Waals surface area contributed by atoms with Crippen molar-refractivity contribution in [2.45, 2.75) is 12.8 Å². The Morgan fingerprint density at radius 1 is 0.923 bits per heavy atom. The summed E-state index contributed by atoms with van der Waals surface area (Å²) in [5.74, 6) is 0. The zero-order chi connectivity index (χ0) is 17.3. The molecule has 3 aromatic carbocycles. The molecule has 2 heterocycles. The number of imidazole rings is 1. The van der Waals surface area contributed by atoms with Gasteiger partial charge in [0.25, 0.3) is 0 Å². The van der Waals surface area contributed by atoms with Crippen LogP contribution in [0.25, 0.3) is 44.4 Å². The largest absolute Gasteiger partial charge is 0.292 e. The van der Waals surface area contributed by atoms with Gasteiger partial charge in [0.15, 0.2) is 0 Å². The van der Waals surface area contributed by atoms with Gasteiger partial charge in [-0.05, 0) is 54.3 Å². The Morgan fingerprint density at radius 3 is 2.81 bits per heavy atom. The van der Waals surface area contributed by atoms with Gasteiger partial charge < -0.3 is 0 Å². The fourth-order valence-electron chi connectivity index (χ4n) is 4.34. The molecule has 26 heavy (non-hydrogen) atoms. The normalized spacial score (nSPS) is 13.9. The van der Waals surface area contributed by atoms with E-state index < -0.39 is 0 Å². The van der Waals surface area contributed by atoms with Crippen LogP contribution < -0.4 is 0 Å². The quantitative estimate of drug-likeness (QED) is 0.294. The zero-order valence-corrected chi connectivity index (χ0v) is 14.8. The number of para-hydroxylation sites is 2. The third-order valence-corrected chi connectivity index (χ3v) is 5.71. The summed E-state index contributed by atoms with van der Waals surface area (Å²) in [5.41, 5.74) is 7.03. The van der Waals surface area contributed by atoms with Gasteiger partial charge in [-0.15, -0.1) is 0 Å². The molecule has 1 aliphatic rings. The molecular formula is C23H15ClN2. The maximum Gasteiger partial charge on any atom is 0.146 e. The first-order valence-electron chi connectivity index (χ1n) is 8.92. The molecule has 0 unspecified atom stereocenters. The number of pyridine rings is 1. The van der Waals surface area contributed by atoms with Crippen LogP contribution in [0.5, 0.6) is 0 Å². The van der Waals surface area contributed by atoms with Crippen molar-refractivity contribution in [1.29, 1.82) is 0 Å². The van der Waals surface area contributed by atoms with Gasteiger partial charge >= 0.3 is 0 Å². The summed E-state index contributed by atoms with van der Waals surface area (Å²) in [6.45, 7) is 0. The van der Waals surface area contributed by atoms with Crippen LogP contribution in [0.3, 0.4) is 0 Å². The number of aromatic nitrogens is 2. The van der Waals surface area contributed by atoms with E-state index in [-0.39, 0.29) is 0 Å². The third kappa shape index (κ3) is 1.80. The molecule has 0 saturated carbocycles. The first-order valence-corrected chi connectivity index (χ1v) is 9.29. The summed E-state index contributed by atoms with van der Waals surface area (Å²) in [7, 11) is 0. The Bertz CT molecular complexity index is 1390. The van der Waals surface area contributed by atoms with Crippen LogP contribution in [0.4, 0.5) is 0 Å². The van der Waals surface area contributed by atoms with Gasteiger partial charge in [-0.3, -0.25) is 4.40 Å². The summed E-state index contributed by atoms with van der Waals surface area (Å²) in [6, 6.07) is 19.0. The zero-order valence-electron chi connectivity index (χ0n) is 14.0. The number of aryl methyl sites for hydroxylation is 1. The van der Waals surface area contributed by atoms with Crippen molar-refractivity contribution in [3.05, 3.63) is 76.8 Å². The molecule has 6 rings (SSSR count). The van der Waals surface area contributed by atoms with E-state index in [1.54, 1.807) is 0 Å². The smallest absolute Gasteiger partial charge is 0.146 e. The van der Waals surface area contributed by atoms with Gasteiger partial charge in [-0.2, -0.15) is 0 Å². The standard InChI is InChI=1S/C23H15ClN2/c24-15-10-12-20-18(13-15)22-16-6-2-1-5-14(16)9-11-17(22)23-25-19-7-3-4-8-21(19)26(20)23/h2-4,6-13H,1,5H2. The fourth-order valence-corrected chi connectivity index (χ4v) is 4.51. The first-order chi connectivity index (χ1) is 12.8. The van der Waals surface area contributed by atoms with Crippen molar-refractivity contribution in [2.75, 3.05) is 0 Å². The molecule has 0 aliphatic heterocycles. The summed E-state index contributed by atoms with van der Waals surface area (Å²) >= 11 is 6.40. The molecule has 0 saturated heterocycles. The highest BCUT2D eigenvalue weighted by atomic mass is 35.5. The maximum atomic E-state index is 6.40.